The largest absolute Gasteiger partial charge is 0.359 e. The van der Waals surface area contributed by atoms with E-state index in [0.29, 0.717) is 6.54 Å². The number of fused-ring (bicyclic) bond motifs is 1. The second kappa shape index (κ2) is 5.64. The van der Waals surface area contributed by atoms with Crippen LogP contribution in [0.5, 0.6) is 0 Å². The van der Waals surface area contributed by atoms with Crippen LogP contribution in [0.15, 0.2) is 30.5 Å². The Labute approximate surface area is 118 Å². The molecule has 5 nitrogen and oxygen atoms in total. The first-order chi connectivity index (χ1) is 9.72. The molecule has 0 unspecified atom stereocenters. The Bertz CT molecular complexity index is 599. The number of carbonyl (C=O) groups excluding carboxylic acids is 1. The summed E-state index contributed by atoms with van der Waals surface area (Å²) in [7, 11) is 2.11. The normalized spacial score (nSPS) is 17.4. The number of amides is 1. The van der Waals surface area contributed by atoms with Gasteiger partial charge in [0.2, 0.25) is 5.91 Å². The second-order valence-corrected chi connectivity index (χ2v) is 5.38. The maximum Gasteiger partial charge on any atom is 0.238 e. The summed E-state index contributed by atoms with van der Waals surface area (Å²) in [5, 5.41) is 4.05. The molecule has 0 atom stereocenters. The van der Waals surface area contributed by atoms with Crippen LogP contribution in [-0.2, 0) is 4.79 Å². The molecule has 5 heteroatoms. The minimum Gasteiger partial charge on any atom is -0.359 e. The second-order valence-electron chi connectivity index (χ2n) is 5.38. The highest BCUT2D eigenvalue weighted by Crippen LogP contribution is 2.22. The van der Waals surface area contributed by atoms with Gasteiger partial charge < -0.3 is 15.2 Å². The first kappa shape index (κ1) is 13.1. The van der Waals surface area contributed by atoms with Gasteiger partial charge in [-0.3, -0.25) is 9.69 Å². The number of benzene rings is 1. The maximum absolute atomic E-state index is 12.1. The lowest BCUT2D eigenvalue weighted by Gasteiger charge is -2.31. The number of nitrogens with one attached hydrogen (secondary N) is 2. The van der Waals surface area contributed by atoms with E-state index in [1.807, 2.05) is 30.5 Å². The Hall–Kier alpha value is -1.85. The molecule has 0 saturated carbocycles. The van der Waals surface area contributed by atoms with Crippen LogP contribution in [0.4, 0.5) is 5.69 Å². The summed E-state index contributed by atoms with van der Waals surface area (Å²) in [5.41, 5.74) is 1.90. The maximum atomic E-state index is 12.1. The van der Waals surface area contributed by atoms with Gasteiger partial charge in [-0.25, -0.2) is 0 Å². The molecule has 1 saturated heterocycles. The number of aromatic nitrogens is 1. The molecule has 1 aliphatic heterocycles. The molecule has 1 aliphatic rings. The molecule has 0 aliphatic carbocycles. The fourth-order valence-electron chi connectivity index (χ4n) is 2.57. The molecule has 2 aromatic rings. The van der Waals surface area contributed by atoms with E-state index >= 15 is 0 Å². The van der Waals surface area contributed by atoms with Crippen molar-refractivity contribution >= 4 is 22.5 Å². The van der Waals surface area contributed by atoms with E-state index in [9.17, 15) is 4.79 Å². The zero-order valence-electron chi connectivity index (χ0n) is 11.7. The summed E-state index contributed by atoms with van der Waals surface area (Å²) in [5.74, 6) is 0.0549. The highest BCUT2D eigenvalue weighted by molar-refractivity contribution is 6.02. The fourth-order valence-corrected chi connectivity index (χ4v) is 2.57. The van der Waals surface area contributed by atoms with Crippen molar-refractivity contribution in [3.8, 4) is 0 Å². The summed E-state index contributed by atoms with van der Waals surface area (Å²) >= 11 is 0. The molecule has 20 heavy (non-hydrogen) atoms. The minimum absolute atomic E-state index is 0.0549. The molecule has 1 aromatic heterocycles. The summed E-state index contributed by atoms with van der Waals surface area (Å²) in [6.45, 7) is 4.43. The average Bonchev–Trinajstić information content (AvgIpc) is 2.85. The zero-order valence-corrected chi connectivity index (χ0v) is 11.7. The van der Waals surface area contributed by atoms with Crippen molar-refractivity contribution in [3.63, 3.8) is 0 Å². The van der Waals surface area contributed by atoms with Crippen molar-refractivity contribution in [2.24, 2.45) is 0 Å². The molecule has 2 N–H and O–H groups in total. The molecule has 0 radical (unpaired) electrons. The van der Waals surface area contributed by atoms with Crippen molar-refractivity contribution in [1.82, 2.24) is 14.8 Å². The molecule has 106 valence electrons. The molecular weight excluding hydrogens is 252 g/mol. The van der Waals surface area contributed by atoms with Crippen LogP contribution < -0.4 is 5.32 Å². The van der Waals surface area contributed by atoms with Gasteiger partial charge in [0.25, 0.3) is 0 Å². The van der Waals surface area contributed by atoms with E-state index in [-0.39, 0.29) is 5.91 Å². The van der Waals surface area contributed by atoms with E-state index in [2.05, 4.69) is 27.1 Å². The number of nitrogens with zero attached hydrogens (tertiary/aromatic N) is 2. The summed E-state index contributed by atoms with van der Waals surface area (Å²) in [6, 6.07) is 7.98. The third-order valence-electron chi connectivity index (χ3n) is 3.83. The van der Waals surface area contributed by atoms with Gasteiger partial charge in [-0.1, -0.05) is 18.2 Å². The number of aromatic amines is 1. The monoisotopic (exact) mass is 272 g/mol. The highest BCUT2D eigenvalue weighted by atomic mass is 16.2. The Balaban J connectivity index is 1.61. The number of likely N-dealkylation sites (N-methyl/N-ethyl adjacent to an activating group) is 1. The Morgan fingerprint density at radius 3 is 2.80 bits per heavy atom. The topological polar surface area (TPSA) is 51.4 Å². The van der Waals surface area contributed by atoms with Crippen molar-refractivity contribution in [2.45, 2.75) is 0 Å². The first-order valence-corrected chi connectivity index (χ1v) is 6.99. The molecule has 1 fully saturated rings. The number of rotatable bonds is 3. The van der Waals surface area contributed by atoms with Gasteiger partial charge in [0, 0.05) is 43.3 Å². The van der Waals surface area contributed by atoms with Crippen LogP contribution in [-0.4, -0.2) is 60.5 Å². The number of H-pyrrole nitrogens is 1. The SMILES string of the molecule is CN1CCN(CC(=O)Nc2c[nH]c3ccccc23)CC1. The molecule has 2 heterocycles. The molecule has 0 bridgehead atoms. The van der Waals surface area contributed by atoms with Crippen LogP contribution in [0.1, 0.15) is 0 Å². The number of anilines is 1. The summed E-state index contributed by atoms with van der Waals surface area (Å²) in [6.07, 6.45) is 1.85. The molecule has 3 rings (SSSR count). The van der Waals surface area contributed by atoms with Crippen LogP contribution >= 0.6 is 0 Å². The first-order valence-electron chi connectivity index (χ1n) is 6.99. The Morgan fingerprint density at radius 1 is 1.25 bits per heavy atom. The van der Waals surface area contributed by atoms with E-state index in [0.717, 1.165) is 42.8 Å². The third-order valence-corrected chi connectivity index (χ3v) is 3.83. The fraction of sp³-hybridized carbons (Fsp3) is 0.400. The number of carbonyl (C=O) groups is 1. The van der Waals surface area contributed by atoms with Gasteiger partial charge >= 0.3 is 0 Å². The van der Waals surface area contributed by atoms with Gasteiger partial charge in [-0.05, 0) is 13.1 Å². The van der Waals surface area contributed by atoms with E-state index in [1.165, 1.54) is 0 Å². The van der Waals surface area contributed by atoms with Gasteiger partial charge in [0.05, 0.1) is 12.2 Å². The van der Waals surface area contributed by atoms with E-state index in [1.54, 1.807) is 0 Å². The molecule has 1 aromatic carbocycles. The zero-order chi connectivity index (χ0) is 13.9. The number of piperazine rings is 1. The third kappa shape index (κ3) is 2.84. The van der Waals surface area contributed by atoms with Crippen molar-refractivity contribution < 1.29 is 4.79 Å². The molecule has 1 amide bonds. The van der Waals surface area contributed by atoms with Gasteiger partial charge in [0.1, 0.15) is 0 Å². The molecule has 0 spiro atoms. The lowest BCUT2D eigenvalue weighted by molar-refractivity contribution is -0.117. The van der Waals surface area contributed by atoms with Gasteiger partial charge in [-0.2, -0.15) is 0 Å². The molecular formula is C15H20N4O. The summed E-state index contributed by atoms with van der Waals surface area (Å²) < 4.78 is 0. The quantitative estimate of drug-likeness (QED) is 0.887. The van der Waals surface area contributed by atoms with Crippen molar-refractivity contribution in [3.05, 3.63) is 30.5 Å². The Kier molecular flexibility index (Phi) is 3.71. The van der Waals surface area contributed by atoms with Crippen LogP contribution in [0, 0.1) is 0 Å². The van der Waals surface area contributed by atoms with Gasteiger partial charge in [0.15, 0.2) is 0 Å². The average molecular weight is 272 g/mol. The van der Waals surface area contributed by atoms with E-state index < -0.39 is 0 Å². The van der Waals surface area contributed by atoms with Crippen molar-refractivity contribution in [2.75, 3.05) is 45.1 Å². The van der Waals surface area contributed by atoms with Crippen LogP contribution in [0.3, 0.4) is 0 Å². The van der Waals surface area contributed by atoms with E-state index in [4.69, 9.17) is 0 Å². The Morgan fingerprint density at radius 2 is 2.00 bits per heavy atom. The smallest absolute Gasteiger partial charge is 0.238 e. The predicted octanol–water partition coefficient (Wildman–Crippen LogP) is 1.35. The number of hydrogen-bond donors (Lipinski definition) is 2. The number of para-hydroxylation sites is 1. The summed E-state index contributed by atoms with van der Waals surface area (Å²) in [4.78, 5) is 19.8. The van der Waals surface area contributed by atoms with Crippen LogP contribution in [0.25, 0.3) is 10.9 Å². The van der Waals surface area contributed by atoms with Crippen molar-refractivity contribution in [1.29, 1.82) is 0 Å². The predicted molar refractivity (Wildman–Crippen MR) is 80.9 cm³/mol. The minimum atomic E-state index is 0.0549. The lowest BCUT2D eigenvalue weighted by atomic mass is 10.2. The standard InChI is InChI=1S/C15H20N4O/c1-18-6-8-19(9-7-18)11-15(20)17-14-10-16-13-5-3-2-4-12(13)14/h2-5,10,16H,6-9,11H2,1H3,(H,17,20). The van der Waals surface area contributed by atoms with Crippen LogP contribution in [0.2, 0.25) is 0 Å². The lowest BCUT2D eigenvalue weighted by Crippen LogP contribution is -2.47. The number of hydrogen-bond acceptors (Lipinski definition) is 3. The highest BCUT2D eigenvalue weighted by Gasteiger charge is 2.17. The van der Waals surface area contributed by atoms with Gasteiger partial charge in [-0.15, -0.1) is 0 Å².